The molecule has 2 unspecified atom stereocenters. The monoisotopic (exact) mass is 559 g/mol. The van der Waals surface area contributed by atoms with E-state index in [1.54, 1.807) is 45.0 Å². The molecule has 0 bridgehead atoms. The van der Waals surface area contributed by atoms with Gasteiger partial charge in [-0.15, -0.1) is 0 Å². The minimum absolute atomic E-state index is 0.0593. The van der Waals surface area contributed by atoms with Crippen molar-refractivity contribution < 1.29 is 29.0 Å². The van der Waals surface area contributed by atoms with Gasteiger partial charge in [0.2, 0.25) is 0 Å². The normalized spacial score (nSPS) is 20.7. The minimum Gasteiger partial charge on any atom is -0.489 e. The van der Waals surface area contributed by atoms with Crippen LogP contribution in [0.5, 0.6) is 5.75 Å². The van der Waals surface area contributed by atoms with Crippen LogP contribution < -0.4 is 15.4 Å². The lowest BCUT2D eigenvalue weighted by Gasteiger charge is -2.46. The van der Waals surface area contributed by atoms with Gasteiger partial charge < -0.3 is 20.1 Å². The maximum absolute atomic E-state index is 14.1. The maximum Gasteiger partial charge on any atom is 0.408 e. The minimum atomic E-state index is -1.53. The van der Waals surface area contributed by atoms with Crippen LogP contribution in [0.25, 0.3) is 10.9 Å². The van der Waals surface area contributed by atoms with Crippen LogP contribution in [0.15, 0.2) is 54.6 Å². The topological polar surface area (TPSA) is 141 Å². The average Bonchev–Trinajstić information content (AvgIpc) is 3.39. The van der Waals surface area contributed by atoms with E-state index in [4.69, 9.17) is 4.74 Å². The van der Waals surface area contributed by atoms with Crippen LogP contribution in [0, 0.1) is 6.92 Å². The van der Waals surface area contributed by atoms with E-state index in [1.165, 1.54) is 9.80 Å². The van der Waals surface area contributed by atoms with Crippen LogP contribution in [-0.4, -0.2) is 68.5 Å². The number of benzene rings is 2. The second-order valence-corrected chi connectivity index (χ2v) is 11.4. The van der Waals surface area contributed by atoms with Gasteiger partial charge in [0.1, 0.15) is 18.4 Å². The molecule has 11 nitrogen and oxygen atoms in total. The Morgan fingerprint density at radius 1 is 1.15 bits per heavy atom. The van der Waals surface area contributed by atoms with Crippen LogP contribution in [0.3, 0.4) is 0 Å². The van der Waals surface area contributed by atoms with E-state index in [1.807, 2.05) is 37.3 Å². The van der Waals surface area contributed by atoms with E-state index in [2.05, 4.69) is 15.6 Å². The fraction of sp³-hybridized carbons (Fsp3) is 0.367. The zero-order valence-corrected chi connectivity index (χ0v) is 23.4. The number of imide groups is 1. The van der Waals surface area contributed by atoms with Crippen molar-refractivity contribution in [2.75, 3.05) is 13.1 Å². The molecule has 2 aromatic carbocycles. The Labute approximate surface area is 237 Å². The molecule has 0 spiro atoms. The first kappa shape index (κ1) is 27.9. The Bertz CT molecular complexity index is 1530. The number of para-hydroxylation sites is 1. The fourth-order valence-electron chi connectivity index (χ4n) is 5.88. The van der Waals surface area contributed by atoms with E-state index in [-0.39, 0.29) is 19.5 Å². The summed E-state index contributed by atoms with van der Waals surface area (Å²) < 4.78 is 6.10. The highest BCUT2D eigenvalue weighted by molar-refractivity contribution is 6.04. The van der Waals surface area contributed by atoms with Crippen molar-refractivity contribution in [2.24, 2.45) is 0 Å². The van der Waals surface area contributed by atoms with Crippen LogP contribution in [-0.2, 0) is 21.7 Å². The predicted octanol–water partition coefficient (Wildman–Crippen LogP) is 3.54. The Balaban J connectivity index is 1.44. The highest BCUT2D eigenvalue weighted by Crippen LogP contribution is 2.43. The number of nitrogens with zero attached hydrogens (tertiary/aromatic N) is 3. The second kappa shape index (κ2) is 10.4. The molecule has 3 aromatic rings. The molecule has 214 valence electrons. The highest BCUT2D eigenvalue weighted by Gasteiger charge is 2.57. The SMILES string of the molecule is Cc1cc(COc2ccc(C3(N(C(=O)O)C(C)(C)C)CCN(CC4NC(=O)NC4=O)C3=O)cc2)c2ccccc2n1. The molecule has 2 saturated heterocycles. The van der Waals surface area contributed by atoms with Crippen molar-refractivity contribution in [1.82, 2.24) is 25.4 Å². The van der Waals surface area contributed by atoms with Crippen LogP contribution in [0.1, 0.15) is 44.0 Å². The summed E-state index contributed by atoms with van der Waals surface area (Å²) in [7, 11) is 0. The van der Waals surface area contributed by atoms with E-state index in [0.717, 1.165) is 22.2 Å². The van der Waals surface area contributed by atoms with Gasteiger partial charge in [0.25, 0.3) is 11.8 Å². The maximum atomic E-state index is 14.1. The van der Waals surface area contributed by atoms with E-state index >= 15 is 0 Å². The molecule has 3 N–H and O–H groups in total. The molecule has 5 rings (SSSR count). The zero-order chi connectivity index (χ0) is 29.5. The number of aryl methyl sites for hydroxylation is 1. The summed E-state index contributed by atoms with van der Waals surface area (Å²) in [6, 6.07) is 15.2. The van der Waals surface area contributed by atoms with E-state index < -0.39 is 41.1 Å². The molecule has 5 amide bonds. The molecule has 2 atom stereocenters. The fourth-order valence-corrected chi connectivity index (χ4v) is 5.88. The summed E-state index contributed by atoms with van der Waals surface area (Å²) in [4.78, 5) is 57.7. The second-order valence-electron chi connectivity index (χ2n) is 11.4. The molecule has 2 fully saturated rings. The number of carbonyl (C=O) groups excluding carboxylic acids is 3. The van der Waals surface area contributed by atoms with Crippen molar-refractivity contribution >= 4 is 34.8 Å². The summed E-state index contributed by atoms with van der Waals surface area (Å²) in [6.07, 6.45) is -1.06. The molecule has 0 radical (unpaired) electrons. The van der Waals surface area contributed by atoms with Gasteiger partial charge in [-0.2, -0.15) is 0 Å². The smallest absolute Gasteiger partial charge is 0.408 e. The number of aromatic nitrogens is 1. The molecular formula is C30H33N5O6. The van der Waals surface area contributed by atoms with Crippen molar-refractivity contribution in [3.63, 3.8) is 0 Å². The molecule has 2 aliphatic rings. The molecule has 1 aromatic heterocycles. The van der Waals surface area contributed by atoms with Gasteiger partial charge in [0.15, 0.2) is 5.54 Å². The van der Waals surface area contributed by atoms with Gasteiger partial charge in [-0.05, 0) is 57.5 Å². The number of carboxylic acid groups (broad SMARTS) is 1. The summed E-state index contributed by atoms with van der Waals surface area (Å²) >= 11 is 0. The third-order valence-electron chi connectivity index (χ3n) is 7.55. The average molecular weight is 560 g/mol. The Kier molecular flexibility index (Phi) is 7.06. The third-order valence-corrected chi connectivity index (χ3v) is 7.55. The predicted molar refractivity (Wildman–Crippen MR) is 150 cm³/mol. The van der Waals surface area contributed by atoms with Crippen molar-refractivity contribution in [1.29, 1.82) is 0 Å². The number of amides is 5. The van der Waals surface area contributed by atoms with Gasteiger partial charge in [0.05, 0.1) is 12.1 Å². The standard InChI is InChI=1S/C30H33N5O6/c1-18-15-19(22-7-5-6-8-23(22)31-18)17-41-21-11-9-20(10-12-21)30(35(28(39)40)29(2,3)4)13-14-34(26(30)37)16-24-25(36)33-27(38)32-24/h5-12,15,24H,13-14,16-17H2,1-4H3,(H,39,40)(H2,32,33,36,38). The summed E-state index contributed by atoms with van der Waals surface area (Å²) in [5.74, 6) is -0.409. The van der Waals surface area contributed by atoms with E-state index in [9.17, 15) is 24.3 Å². The Hall–Kier alpha value is -4.67. The number of nitrogens with one attached hydrogen (secondary N) is 2. The highest BCUT2D eigenvalue weighted by atomic mass is 16.5. The number of urea groups is 1. The number of fused-ring (bicyclic) bond motifs is 1. The van der Waals surface area contributed by atoms with Crippen molar-refractivity contribution in [3.05, 3.63) is 71.4 Å². The zero-order valence-electron chi connectivity index (χ0n) is 23.4. The number of ether oxygens (including phenoxy) is 1. The molecule has 2 aliphatic heterocycles. The van der Waals surface area contributed by atoms with Crippen LogP contribution in [0.4, 0.5) is 9.59 Å². The first-order chi connectivity index (χ1) is 19.4. The van der Waals surface area contributed by atoms with Gasteiger partial charge >= 0.3 is 12.1 Å². The number of hydrogen-bond donors (Lipinski definition) is 3. The molecule has 0 aliphatic carbocycles. The number of carbonyl (C=O) groups is 4. The molecule has 3 heterocycles. The quantitative estimate of drug-likeness (QED) is 0.376. The first-order valence-corrected chi connectivity index (χ1v) is 13.4. The largest absolute Gasteiger partial charge is 0.489 e. The summed E-state index contributed by atoms with van der Waals surface area (Å²) in [5, 5.41) is 16.0. The van der Waals surface area contributed by atoms with E-state index in [0.29, 0.717) is 17.9 Å². The number of hydrogen-bond acceptors (Lipinski definition) is 6. The summed E-state index contributed by atoms with van der Waals surface area (Å²) in [6.45, 7) is 7.61. The molecule has 0 saturated carbocycles. The number of rotatable bonds is 7. The van der Waals surface area contributed by atoms with Crippen molar-refractivity contribution in [3.8, 4) is 5.75 Å². The van der Waals surface area contributed by atoms with Gasteiger partial charge in [-0.1, -0.05) is 30.3 Å². The van der Waals surface area contributed by atoms with Gasteiger partial charge in [-0.25, -0.2) is 9.59 Å². The van der Waals surface area contributed by atoms with Crippen molar-refractivity contribution in [2.45, 2.75) is 57.8 Å². The number of likely N-dealkylation sites (tertiary alicyclic amines) is 1. The number of pyridine rings is 1. The Morgan fingerprint density at radius 2 is 1.85 bits per heavy atom. The first-order valence-electron chi connectivity index (χ1n) is 13.4. The lowest BCUT2D eigenvalue weighted by Crippen LogP contribution is -2.61. The summed E-state index contributed by atoms with van der Waals surface area (Å²) in [5.41, 5.74) is 0.807. The third kappa shape index (κ3) is 5.15. The van der Waals surface area contributed by atoms with Crippen LogP contribution in [0.2, 0.25) is 0 Å². The lowest BCUT2D eigenvalue weighted by molar-refractivity contribution is -0.141. The van der Waals surface area contributed by atoms with Crippen LogP contribution >= 0.6 is 0 Å². The lowest BCUT2D eigenvalue weighted by atomic mass is 9.83. The Morgan fingerprint density at radius 3 is 2.49 bits per heavy atom. The van der Waals surface area contributed by atoms with Gasteiger partial charge in [-0.3, -0.25) is 24.8 Å². The van der Waals surface area contributed by atoms with Gasteiger partial charge in [0, 0.05) is 35.1 Å². The molecule has 11 heteroatoms. The molecular weight excluding hydrogens is 526 g/mol. The molecule has 41 heavy (non-hydrogen) atoms.